The van der Waals surface area contributed by atoms with Gasteiger partial charge in [-0.3, -0.25) is 11.3 Å². The van der Waals surface area contributed by atoms with E-state index in [0.29, 0.717) is 17.0 Å². The fourth-order valence-corrected chi connectivity index (χ4v) is 2.88. The molecule has 2 rings (SSSR count). The molecular weight excluding hydrogens is 359 g/mol. The molecule has 0 heterocycles. The number of rotatable bonds is 5. The molecule has 3 nitrogen and oxygen atoms in total. The number of hydrazine groups is 1. The summed E-state index contributed by atoms with van der Waals surface area (Å²) < 4.78 is 19.9. The van der Waals surface area contributed by atoms with Gasteiger partial charge in [-0.05, 0) is 58.2 Å². The van der Waals surface area contributed by atoms with E-state index in [0.717, 1.165) is 15.8 Å². The molecule has 21 heavy (non-hydrogen) atoms. The Morgan fingerprint density at radius 2 is 2.10 bits per heavy atom. The lowest BCUT2D eigenvalue weighted by Crippen LogP contribution is -2.30. The van der Waals surface area contributed by atoms with E-state index in [1.54, 1.807) is 13.2 Å². The number of methoxy groups -OCH3 is 1. The Labute approximate surface area is 136 Å². The van der Waals surface area contributed by atoms with E-state index in [2.05, 4.69) is 21.4 Å². The third kappa shape index (κ3) is 3.95. The number of ether oxygens (including phenoxy) is 1. The number of hydrogen-bond donors (Lipinski definition) is 2. The van der Waals surface area contributed by atoms with Crippen LogP contribution in [0.5, 0.6) is 5.75 Å². The smallest absolute Gasteiger partial charge is 0.133 e. The average molecular weight is 374 g/mol. The standard InChI is InChI=1S/C15H15BrClFN2O/c1-21-15-5-2-9(6-12(15)16)7-14(20-19)11-8-10(17)3-4-13(11)18/h2-6,8,14,20H,7,19H2,1H3. The van der Waals surface area contributed by atoms with E-state index in [9.17, 15) is 4.39 Å². The summed E-state index contributed by atoms with van der Waals surface area (Å²) in [5.74, 6) is 5.97. The van der Waals surface area contributed by atoms with E-state index in [1.807, 2.05) is 18.2 Å². The summed E-state index contributed by atoms with van der Waals surface area (Å²) in [6.07, 6.45) is 0.524. The average Bonchev–Trinajstić information content (AvgIpc) is 2.47. The molecule has 3 N–H and O–H groups in total. The summed E-state index contributed by atoms with van der Waals surface area (Å²) >= 11 is 9.36. The van der Waals surface area contributed by atoms with E-state index in [-0.39, 0.29) is 11.9 Å². The van der Waals surface area contributed by atoms with Crippen molar-refractivity contribution in [2.24, 2.45) is 5.84 Å². The highest BCUT2D eigenvalue weighted by Crippen LogP contribution is 2.29. The molecule has 1 unspecified atom stereocenters. The van der Waals surface area contributed by atoms with Gasteiger partial charge in [0.1, 0.15) is 11.6 Å². The summed E-state index contributed by atoms with van der Waals surface area (Å²) in [5.41, 5.74) is 4.07. The van der Waals surface area contributed by atoms with Crippen molar-refractivity contribution in [3.8, 4) is 5.75 Å². The van der Waals surface area contributed by atoms with Crippen LogP contribution in [-0.2, 0) is 6.42 Å². The van der Waals surface area contributed by atoms with Crippen LogP contribution in [0.2, 0.25) is 5.02 Å². The Morgan fingerprint density at radius 1 is 1.33 bits per heavy atom. The van der Waals surface area contributed by atoms with Crippen molar-refractivity contribution in [2.75, 3.05) is 7.11 Å². The molecular formula is C15H15BrClFN2O. The first-order chi connectivity index (χ1) is 10.0. The Kier molecular flexibility index (Phi) is 5.58. The van der Waals surface area contributed by atoms with Gasteiger partial charge in [-0.1, -0.05) is 17.7 Å². The van der Waals surface area contributed by atoms with Gasteiger partial charge in [0.05, 0.1) is 17.6 Å². The maximum Gasteiger partial charge on any atom is 0.133 e. The molecule has 0 aliphatic rings. The molecule has 112 valence electrons. The zero-order valence-electron chi connectivity index (χ0n) is 11.4. The van der Waals surface area contributed by atoms with Gasteiger partial charge in [-0.2, -0.15) is 0 Å². The summed E-state index contributed by atoms with van der Waals surface area (Å²) in [5, 5.41) is 0.475. The van der Waals surface area contributed by atoms with Gasteiger partial charge in [0.15, 0.2) is 0 Å². The first kappa shape index (κ1) is 16.2. The van der Waals surface area contributed by atoms with Crippen molar-refractivity contribution in [1.82, 2.24) is 5.43 Å². The number of benzene rings is 2. The first-order valence-electron chi connectivity index (χ1n) is 6.28. The molecule has 2 aromatic rings. The Hall–Kier alpha value is -1.14. The zero-order chi connectivity index (χ0) is 15.4. The molecule has 0 radical (unpaired) electrons. The molecule has 0 amide bonds. The second kappa shape index (κ2) is 7.22. The topological polar surface area (TPSA) is 47.3 Å². The lowest BCUT2D eigenvalue weighted by Gasteiger charge is -2.18. The Bertz CT molecular complexity index is 639. The highest BCUT2D eigenvalue weighted by Gasteiger charge is 2.16. The number of nitrogens with one attached hydrogen (secondary N) is 1. The molecule has 0 spiro atoms. The summed E-state index contributed by atoms with van der Waals surface area (Å²) in [7, 11) is 1.60. The molecule has 0 aliphatic heterocycles. The largest absolute Gasteiger partial charge is 0.496 e. The van der Waals surface area contributed by atoms with E-state index < -0.39 is 0 Å². The van der Waals surface area contributed by atoms with E-state index in [1.165, 1.54) is 12.1 Å². The SMILES string of the molecule is COc1ccc(CC(NN)c2cc(Cl)ccc2F)cc1Br. The summed E-state index contributed by atoms with van der Waals surface area (Å²) in [6.45, 7) is 0. The van der Waals surface area contributed by atoms with Crippen molar-refractivity contribution < 1.29 is 9.13 Å². The summed E-state index contributed by atoms with van der Waals surface area (Å²) in [4.78, 5) is 0. The van der Waals surface area contributed by atoms with Crippen molar-refractivity contribution in [3.63, 3.8) is 0 Å². The zero-order valence-corrected chi connectivity index (χ0v) is 13.7. The van der Waals surface area contributed by atoms with Crippen LogP contribution in [0.3, 0.4) is 0 Å². The van der Waals surface area contributed by atoms with Crippen LogP contribution in [0.4, 0.5) is 4.39 Å². The first-order valence-corrected chi connectivity index (χ1v) is 7.45. The van der Waals surface area contributed by atoms with Crippen molar-refractivity contribution in [1.29, 1.82) is 0 Å². The van der Waals surface area contributed by atoms with Crippen molar-refractivity contribution >= 4 is 27.5 Å². The molecule has 6 heteroatoms. The fourth-order valence-electron chi connectivity index (χ4n) is 2.11. The number of hydrogen-bond acceptors (Lipinski definition) is 3. The lowest BCUT2D eigenvalue weighted by molar-refractivity contribution is 0.412. The molecule has 2 aromatic carbocycles. The molecule has 0 aromatic heterocycles. The van der Waals surface area contributed by atoms with Crippen molar-refractivity contribution in [3.05, 3.63) is 62.8 Å². The van der Waals surface area contributed by atoms with Crippen LogP contribution in [0.25, 0.3) is 0 Å². The van der Waals surface area contributed by atoms with Gasteiger partial charge in [-0.25, -0.2) is 4.39 Å². The van der Waals surface area contributed by atoms with Gasteiger partial charge < -0.3 is 4.74 Å². The summed E-state index contributed by atoms with van der Waals surface area (Å²) in [6, 6.07) is 9.75. The minimum Gasteiger partial charge on any atom is -0.496 e. The second-order valence-corrected chi connectivity index (χ2v) is 5.85. The van der Waals surface area contributed by atoms with E-state index in [4.69, 9.17) is 22.2 Å². The predicted octanol–water partition coefficient (Wildman–Crippen LogP) is 4.00. The van der Waals surface area contributed by atoms with Gasteiger partial charge in [0.2, 0.25) is 0 Å². The molecule has 0 saturated heterocycles. The van der Waals surface area contributed by atoms with Crippen LogP contribution in [0.1, 0.15) is 17.2 Å². The normalized spacial score (nSPS) is 12.2. The van der Waals surface area contributed by atoms with Crippen LogP contribution >= 0.6 is 27.5 Å². The van der Waals surface area contributed by atoms with Gasteiger partial charge in [0, 0.05) is 10.6 Å². The Morgan fingerprint density at radius 3 is 2.71 bits per heavy atom. The second-order valence-electron chi connectivity index (χ2n) is 4.56. The van der Waals surface area contributed by atoms with Crippen molar-refractivity contribution in [2.45, 2.75) is 12.5 Å². The highest BCUT2D eigenvalue weighted by molar-refractivity contribution is 9.10. The monoisotopic (exact) mass is 372 g/mol. The third-order valence-corrected chi connectivity index (χ3v) is 4.05. The van der Waals surface area contributed by atoms with Crippen LogP contribution in [0, 0.1) is 5.82 Å². The lowest BCUT2D eigenvalue weighted by atomic mass is 9.99. The number of nitrogens with two attached hydrogens (primary N) is 1. The Balaban J connectivity index is 2.26. The highest BCUT2D eigenvalue weighted by atomic mass is 79.9. The molecule has 1 atom stereocenters. The van der Waals surface area contributed by atoms with Gasteiger partial charge in [-0.15, -0.1) is 0 Å². The number of halogens is 3. The quantitative estimate of drug-likeness (QED) is 0.615. The third-order valence-electron chi connectivity index (χ3n) is 3.19. The molecule has 0 bridgehead atoms. The predicted molar refractivity (Wildman–Crippen MR) is 85.9 cm³/mol. The maximum atomic E-state index is 13.9. The van der Waals surface area contributed by atoms with Crippen LogP contribution in [0.15, 0.2) is 40.9 Å². The minimum atomic E-state index is -0.371. The molecule has 0 saturated carbocycles. The molecule has 0 fully saturated rings. The van der Waals surface area contributed by atoms with E-state index >= 15 is 0 Å². The fraction of sp³-hybridized carbons (Fsp3) is 0.200. The van der Waals surface area contributed by atoms with Gasteiger partial charge in [0.25, 0.3) is 0 Å². The van der Waals surface area contributed by atoms with Crippen LogP contribution < -0.4 is 16.0 Å². The minimum absolute atomic E-state index is 0.338. The van der Waals surface area contributed by atoms with Crippen LogP contribution in [-0.4, -0.2) is 7.11 Å². The molecule has 0 aliphatic carbocycles. The maximum absolute atomic E-state index is 13.9. The van der Waals surface area contributed by atoms with Gasteiger partial charge >= 0.3 is 0 Å².